The monoisotopic (exact) mass is 227 g/mol. The molecule has 0 aliphatic carbocycles. The number of hydrogen-bond acceptors (Lipinski definition) is 1. The van der Waals surface area contributed by atoms with E-state index in [1.54, 1.807) is 19.9 Å². The third kappa shape index (κ3) is 1.75. The molecule has 1 amide bonds. The zero-order valence-electron chi connectivity index (χ0n) is 7.69. The van der Waals surface area contributed by atoms with Gasteiger partial charge in [0.2, 0.25) is 0 Å². The number of hydrogen-bond donors (Lipinski definition) is 0. The van der Waals surface area contributed by atoms with Crippen LogP contribution in [0.25, 0.3) is 4.85 Å². The van der Waals surface area contributed by atoms with E-state index in [2.05, 4.69) is 4.85 Å². The van der Waals surface area contributed by atoms with E-state index in [0.29, 0.717) is 26.7 Å². The molecule has 0 unspecified atom stereocenters. The maximum Gasteiger partial charge on any atom is 0.386 e. The molecule has 0 bridgehead atoms. The summed E-state index contributed by atoms with van der Waals surface area (Å²) in [4.78, 5) is 14.0. The Morgan fingerprint density at radius 2 is 1.93 bits per heavy atom. The Hall–Kier alpha value is -1.04. The predicted molar refractivity (Wildman–Crippen MR) is 56.9 cm³/mol. The fourth-order valence-electron chi connectivity index (χ4n) is 1.13. The molecule has 4 heteroatoms. The summed E-state index contributed by atoms with van der Waals surface area (Å²) in [5.74, 6) is -0.607. The van der Waals surface area contributed by atoms with Gasteiger partial charge in [-0.15, -0.1) is 0 Å². The van der Waals surface area contributed by atoms with E-state index in [-0.39, 0.29) is 0 Å². The lowest BCUT2D eigenvalue weighted by atomic mass is 10.1. The first-order valence-corrected chi connectivity index (χ1v) is 4.61. The van der Waals surface area contributed by atoms with Gasteiger partial charge in [0, 0.05) is 5.56 Å². The van der Waals surface area contributed by atoms with Crippen LogP contribution in [0.5, 0.6) is 0 Å². The second kappa shape index (κ2) is 4.00. The summed E-state index contributed by atoms with van der Waals surface area (Å²) in [5.41, 5.74) is 1.59. The number of carbonyl (C=O) groups is 1. The van der Waals surface area contributed by atoms with Gasteiger partial charge in [-0.25, -0.2) is 0 Å². The van der Waals surface area contributed by atoms with Crippen molar-refractivity contribution in [3.8, 4) is 0 Å². The van der Waals surface area contributed by atoms with E-state index in [0.717, 1.165) is 0 Å². The van der Waals surface area contributed by atoms with Gasteiger partial charge in [-0.1, -0.05) is 29.3 Å². The maximum atomic E-state index is 11.2. The molecule has 0 aliphatic rings. The minimum Gasteiger partial charge on any atom is -0.311 e. The number of aryl methyl sites for hydroxylation is 1. The van der Waals surface area contributed by atoms with E-state index in [4.69, 9.17) is 29.8 Å². The van der Waals surface area contributed by atoms with Gasteiger partial charge < -0.3 is 4.79 Å². The van der Waals surface area contributed by atoms with Crippen molar-refractivity contribution >= 4 is 29.1 Å². The van der Waals surface area contributed by atoms with Crippen LogP contribution in [0.4, 0.5) is 0 Å². The van der Waals surface area contributed by atoms with Crippen LogP contribution in [0, 0.1) is 20.4 Å². The lowest BCUT2D eigenvalue weighted by Gasteiger charge is -2.08. The molecule has 72 valence electrons. The number of benzene rings is 1. The summed E-state index contributed by atoms with van der Waals surface area (Å²) in [5, 5.41) is 0.782. The van der Waals surface area contributed by atoms with Gasteiger partial charge in [-0.2, -0.15) is 4.85 Å². The molecule has 0 spiro atoms. The molecule has 0 aromatic heterocycles. The molecule has 0 N–H and O–H groups in total. The van der Waals surface area contributed by atoms with Gasteiger partial charge in [0.15, 0.2) is 0 Å². The van der Waals surface area contributed by atoms with Crippen molar-refractivity contribution in [3.63, 3.8) is 0 Å². The molecule has 0 saturated heterocycles. The molecule has 1 aromatic carbocycles. The first-order valence-electron chi connectivity index (χ1n) is 3.86. The van der Waals surface area contributed by atoms with Crippen molar-refractivity contribution in [1.29, 1.82) is 0 Å². The van der Waals surface area contributed by atoms with Crippen molar-refractivity contribution in [2.45, 2.75) is 13.8 Å². The molecule has 0 heterocycles. The molecule has 2 nitrogen and oxygen atoms in total. The van der Waals surface area contributed by atoms with Crippen LogP contribution in [0.3, 0.4) is 0 Å². The fourth-order valence-corrected chi connectivity index (χ4v) is 1.57. The van der Waals surface area contributed by atoms with Gasteiger partial charge in [-0.05, 0) is 25.0 Å². The Balaban J connectivity index is 3.50. The van der Waals surface area contributed by atoms with Gasteiger partial charge in [-0.3, -0.25) is 0 Å². The van der Waals surface area contributed by atoms with Crippen LogP contribution < -0.4 is 0 Å². The van der Waals surface area contributed by atoms with Crippen LogP contribution in [-0.4, -0.2) is 5.91 Å². The summed E-state index contributed by atoms with van der Waals surface area (Å²) < 4.78 is 0. The minimum atomic E-state index is -0.607. The Morgan fingerprint density at radius 3 is 2.43 bits per heavy atom. The lowest BCUT2D eigenvalue weighted by molar-refractivity contribution is 0.104. The molecule has 0 radical (unpaired) electrons. The Bertz CT molecular complexity index is 446. The summed E-state index contributed by atoms with van der Waals surface area (Å²) in [6, 6.07) is 1.59. The highest BCUT2D eigenvalue weighted by Gasteiger charge is 2.15. The second-order valence-corrected chi connectivity index (χ2v) is 3.67. The topological polar surface area (TPSA) is 21.4 Å². The molecular weight excluding hydrogens is 221 g/mol. The standard InChI is InChI=1S/C10H7Cl2NO/c1-5-4-7(10(14)13-3)6(2)9(12)8(5)11/h4H,1-2H3. The third-order valence-corrected chi connectivity index (χ3v) is 3.02. The Morgan fingerprint density at radius 1 is 1.36 bits per heavy atom. The van der Waals surface area contributed by atoms with E-state index in [1.165, 1.54) is 0 Å². The lowest BCUT2D eigenvalue weighted by Crippen LogP contribution is -1.98. The quantitative estimate of drug-likeness (QED) is 0.672. The number of carbonyl (C=O) groups excluding carboxylic acids is 1. The zero-order valence-corrected chi connectivity index (χ0v) is 9.20. The molecular formula is C10H7Cl2NO. The summed E-state index contributed by atoms with van der Waals surface area (Å²) in [6.07, 6.45) is 0. The maximum absolute atomic E-state index is 11.2. The summed E-state index contributed by atoms with van der Waals surface area (Å²) in [7, 11) is 0. The van der Waals surface area contributed by atoms with Gasteiger partial charge in [0.05, 0.1) is 16.6 Å². The second-order valence-electron chi connectivity index (χ2n) is 2.91. The molecule has 1 aromatic rings. The summed E-state index contributed by atoms with van der Waals surface area (Å²) in [6.45, 7) is 10.1. The third-order valence-electron chi connectivity index (χ3n) is 1.96. The van der Waals surface area contributed by atoms with Crippen LogP contribution in [0.15, 0.2) is 6.07 Å². The van der Waals surface area contributed by atoms with Crippen molar-refractivity contribution in [2.75, 3.05) is 0 Å². The summed E-state index contributed by atoms with van der Waals surface area (Å²) >= 11 is 11.8. The average molecular weight is 228 g/mol. The highest BCUT2D eigenvalue weighted by Crippen LogP contribution is 2.31. The first-order chi connectivity index (χ1) is 6.49. The van der Waals surface area contributed by atoms with E-state index < -0.39 is 5.91 Å². The van der Waals surface area contributed by atoms with Crippen molar-refractivity contribution in [2.24, 2.45) is 0 Å². The Kier molecular flexibility index (Phi) is 3.15. The number of nitrogens with zero attached hydrogens (tertiary/aromatic N) is 1. The van der Waals surface area contributed by atoms with Gasteiger partial charge in [0.1, 0.15) is 0 Å². The SMILES string of the molecule is [C-]#[N+]C(=O)c1cc(C)c(Cl)c(Cl)c1C. The van der Waals surface area contributed by atoms with Crippen LogP contribution >= 0.6 is 23.2 Å². The van der Waals surface area contributed by atoms with Crippen LogP contribution in [0.1, 0.15) is 21.5 Å². The minimum absolute atomic E-state index is 0.326. The highest BCUT2D eigenvalue weighted by atomic mass is 35.5. The molecule has 0 fully saturated rings. The Labute approximate surface area is 92.3 Å². The van der Waals surface area contributed by atoms with Gasteiger partial charge >= 0.3 is 5.91 Å². The van der Waals surface area contributed by atoms with Crippen molar-refractivity contribution in [3.05, 3.63) is 44.2 Å². The normalized spacial score (nSPS) is 9.64. The smallest absolute Gasteiger partial charge is 0.311 e. The van der Waals surface area contributed by atoms with Crippen molar-refractivity contribution in [1.82, 2.24) is 0 Å². The average Bonchev–Trinajstić information content (AvgIpc) is 2.19. The van der Waals surface area contributed by atoms with E-state index in [1.807, 2.05) is 0 Å². The van der Waals surface area contributed by atoms with E-state index in [9.17, 15) is 4.79 Å². The highest BCUT2D eigenvalue weighted by molar-refractivity contribution is 6.43. The number of halogens is 2. The molecule has 0 atom stereocenters. The predicted octanol–water partition coefficient (Wildman–Crippen LogP) is 3.67. The fraction of sp³-hybridized carbons (Fsp3) is 0.200. The van der Waals surface area contributed by atoms with Gasteiger partial charge in [0.25, 0.3) is 0 Å². The number of amides is 1. The van der Waals surface area contributed by atoms with Crippen LogP contribution in [0.2, 0.25) is 10.0 Å². The first kappa shape index (κ1) is 11.0. The van der Waals surface area contributed by atoms with Crippen molar-refractivity contribution < 1.29 is 4.79 Å². The van der Waals surface area contributed by atoms with E-state index >= 15 is 0 Å². The molecule has 1 rings (SSSR count). The number of rotatable bonds is 1. The molecule has 0 saturated carbocycles. The molecule has 14 heavy (non-hydrogen) atoms. The zero-order chi connectivity index (χ0) is 10.9. The van der Waals surface area contributed by atoms with Crippen LogP contribution in [-0.2, 0) is 0 Å². The molecule has 0 aliphatic heterocycles. The largest absolute Gasteiger partial charge is 0.386 e.